The molecule has 1 aromatic carbocycles. The lowest BCUT2D eigenvalue weighted by atomic mass is 10.1. The molecule has 1 N–H and O–H groups in total. The van der Waals surface area contributed by atoms with E-state index in [0.717, 1.165) is 15.7 Å². The topological polar surface area (TPSA) is 28.7 Å². The Morgan fingerprint density at radius 2 is 2.00 bits per heavy atom. The maximum atomic E-state index is 6.01. The van der Waals surface area contributed by atoms with Gasteiger partial charge in [-0.3, -0.25) is 5.10 Å². The van der Waals surface area contributed by atoms with Crippen LogP contribution < -0.4 is 0 Å². The molecule has 0 bridgehead atoms. The van der Waals surface area contributed by atoms with Crippen molar-refractivity contribution in [3.63, 3.8) is 0 Å². The number of rotatable bonds is 2. The molecule has 88 valence electrons. The Balaban J connectivity index is 2.05. The summed E-state index contributed by atoms with van der Waals surface area (Å²) in [5, 5.41) is 8.55. The highest BCUT2D eigenvalue weighted by atomic mass is 79.9. The Morgan fingerprint density at radius 1 is 1.24 bits per heavy atom. The SMILES string of the molecule is Clc1ccc(-c2n[nH]c(C3CC3)c2Br)cc1Cl. The van der Waals surface area contributed by atoms with Crippen molar-refractivity contribution in [2.75, 3.05) is 0 Å². The van der Waals surface area contributed by atoms with E-state index in [-0.39, 0.29) is 0 Å². The van der Waals surface area contributed by atoms with Crippen molar-refractivity contribution < 1.29 is 0 Å². The largest absolute Gasteiger partial charge is 0.280 e. The second-order valence-corrected chi connectivity index (χ2v) is 5.81. The van der Waals surface area contributed by atoms with Gasteiger partial charge in [-0.15, -0.1) is 0 Å². The van der Waals surface area contributed by atoms with Crippen LogP contribution in [0.4, 0.5) is 0 Å². The minimum absolute atomic E-state index is 0.548. The predicted molar refractivity (Wildman–Crippen MR) is 73.7 cm³/mol. The van der Waals surface area contributed by atoms with Crippen molar-refractivity contribution in [1.82, 2.24) is 10.2 Å². The Labute approximate surface area is 117 Å². The molecule has 0 aliphatic heterocycles. The normalized spacial score (nSPS) is 15.2. The van der Waals surface area contributed by atoms with Gasteiger partial charge in [0.1, 0.15) is 5.69 Å². The van der Waals surface area contributed by atoms with Crippen molar-refractivity contribution in [3.05, 3.63) is 38.4 Å². The van der Waals surface area contributed by atoms with Crippen molar-refractivity contribution in [1.29, 1.82) is 0 Å². The van der Waals surface area contributed by atoms with Crippen LogP contribution in [0.1, 0.15) is 24.5 Å². The molecule has 1 saturated carbocycles. The molecule has 2 nitrogen and oxygen atoms in total. The van der Waals surface area contributed by atoms with Crippen LogP contribution in [0.5, 0.6) is 0 Å². The van der Waals surface area contributed by atoms with Crippen molar-refractivity contribution >= 4 is 39.1 Å². The van der Waals surface area contributed by atoms with Gasteiger partial charge in [-0.2, -0.15) is 5.10 Å². The number of hydrogen-bond acceptors (Lipinski definition) is 1. The van der Waals surface area contributed by atoms with E-state index in [1.54, 1.807) is 6.07 Å². The molecular weight excluding hydrogens is 323 g/mol. The Hall–Kier alpha value is -0.510. The average molecular weight is 332 g/mol. The van der Waals surface area contributed by atoms with Crippen LogP contribution in [-0.4, -0.2) is 10.2 Å². The first-order valence-electron chi connectivity index (χ1n) is 5.36. The molecule has 5 heteroatoms. The third-order valence-corrected chi connectivity index (χ3v) is 4.45. The van der Waals surface area contributed by atoms with Gasteiger partial charge in [0.05, 0.1) is 20.2 Å². The van der Waals surface area contributed by atoms with Crippen LogP contribution in [-0.2, 0) is 0 Å². The minimum Gasteiger partial charge on any atom is -0.280 e. The average Bonchev–Trinajstić information content (AvgIpc) is 3.07. The summed E-state index contributed by atoms with van der Waals surface area (Å²) in [6.45, 7) is 0. The number of hydrogen-bond donors (Lipinski definition) is 1. The molecule has 1 heterocycles. The van der Waals surface area contributed by atoms with E-state index >= 15 is 0 Å². The summed E-state index contributed by atoms with van der Waals surface area (Å²) in [6.07, 6.45) is 2.48. The molecule has 1 aliphatic carbocycles. The Morgan fingerprint density at radius 3 is 2.65 bits per heavy atom. The van der Waals surface area contributed by atoms with Crippen LogP contribution >= 0.6 is 39.1 Å². The maximum absolute atomic E-state index is 6.01. The molecule has 0 radical (unpaired) electrons. The maximum Gasteiger partial charge on any atom is 0.107 e. The molecule has 0 unspecified atom stereocenters. The molecule has 2 aromatic rings. The molecule has 1 aliphatic rings. The fourth-order valence-electron chi connectivity index (χ4n) is 1.82. The number of nitrogens with zero attached hydrogens (tertiary/aromatic N) is 1. The van der Waals surface area contributed by atoms with Crippen LogP contribution in [0.3, 0.4) is 0 Å². The molecule has 0 amide bonds. The van der Waals surface area contributed by atoms with Gasteiger partial charge in [0.15, 0.2) is 0 Å². The minimum atomic E-state index is 0.548. The van der Waals surface area contributed by atoms with E-state index in [4.69, 9.17) is 23.2 Å². The number of halogens is 3. The summed E-state index contributed by atoms with van der Waals surface area (Å²) in [7, 11) is 0. The molecule has 0 atom stereocenters. The third-order valence-electron chi connectivity index (χ3n) is 2.91. The zero-order valence-electron chi connectivity index (χ0n) is 8.80. The number of nitrogens with one attached hydrogen (secondary N) is 1. The highest BCUT2D eigenvalue weighted by Crippen LogP contribution is 2.44. The van der Waals surface area contributed by atoms with Gasteiger partial charge in [-0.05, 0) is 40.9 Å². The monoisotopic (exact) mass is 330 g/mol. The lowest BCUT2D eigenvalue weighted by Crippen LogP contribution is -1.80. The van der Waals surface area contributed by atoms with Crippen LogP contribution in [0.2, 0.25) is 10.0 Å². The molecule has 17 heavy (non-hydrogen) atoms. The highest BCUT2D eigenvalue weighted by Gasteiger charge is 2.29. The predicted octanol–water partition coefficient (Wildman–Crippen LogP) is 5.02. The van der Waals surface area contributed by atoms with Crippen molar-refractivity contribution in [2.45, 2.75) is 18.8 Å². The summed E-state index contributed by atoms with van der Waals surface area (Å²) in [4.78, 5) is 0. The van der Waals surface area contributed by atoms with E-state index in [0.29, 0.717) is 16.0 Å². The zero-order chi connectivity index (χ0) is 12.0. The van der Waals surface area contributed by atoms with Gasteiger partial charge in [-0.25, -0.2) is 0 Å². The molecule has 1 aromatic heterocycles. The van der Waals surface area contributed by atoms with Crippen molar-refractivity contribution in [3.8, 4) is 11.3 Å². The summed E-state index contributed by atoms with van der Waals surface area (Å²) >= 11 is 15.5. The molecular formula is C12H9BrCl2N2. The van der Waals surface area contributed by atoms with Crippen LogP contribution in [0.25, 0.3) is 11.3 Å². The van der Waals surface area contributed by atoms with Crippen LogP contribution in [0, 0.1) is 0 Å². The fraction of sp³-hybridized carbons (Fsp3) is 0.250. The summed E-state index contributed by atoms with van der Waals surface area (Å²) in [6, 6.07) is 5.55. The summed E-state index contributed by atoms with van der Waals surface area (Å²) in [5.41, 5.74) is 3.05. The van der Waals surface area contributed by atoms with Crippen molar-refractivity contribution in [2.24, 2.45) is 0 Å². The third kappa shape index (κ3) is 2.12. The van der Waals surface area contributed by atoms with Gasteiger partial charge in [0.25, 0.3) is 0 Å². The standard InChI is InChI=1S/C12H9BrCl2N2/c13-10-11(6-1-2-6)16-17-12(10)7-3-4-8(14)9(15)5-7/h3-6H,1-2H2,(H,16,17). The molecule has 0 saturated heterocycles. The number of aromatic nitrogens is 2. The first-order chi connectivity index (χ1) is 8.16. The molecule has 0 spiro atoms. The number of aromatic amines is 1. The quantitative estimate of drug-likeness (QED) is 0.822. The Kier molecular flexibility index (Phi) is 2.93. The van der Waals surface area contributed by atoms with Crippen LogP contribution in [0.15, 0.2) is 22.7 Å². The van der Waals surface area contributed by atoms with Gasteiger partial charge in [-0.1, -0.05) is 29.3 Å². The van der Waals surface area contributed by atoms with E-state index in [2.05, 4.69) is 26.1 Å². The molecule has 1 fully saturated rings. The van der Waals surface area contributed by atoms with Gasteiger partial charge < -0.3 is 0 Å². The summed E-state index contributed by atoms with van der Waals surface area (Å²) in [5.74, 6) is 0.633. The second kappa shape index (κ2) is 4.30. The highest BCUT2D eigenvalue weighted by molar-refractivity contribution is 9.10. The van der Waals surface area contributed by atoms with Gasteiger partial charge >= 0.3 is 0 Å². The van der Waals surface area contributed by atoms with Gasteiger partial charge in [0.2, 0.25) is 0 Å². The zero-order valence-corrected chi connectivity index (χ0v) is 11.9. The van der Waals surface area contributed by atoms with Gasteiger partial charge in [0, 0.05) is 11.5 Å². The smallest absolute Gasteiger partial charge is 0.107 e. The van der Waals surface area contributed by atoms with E-state index in [9.17, 15) is 0 Å². The molecule has 3 rings (SSSR count). The first kappa shape index (κ1) is 11.6. The number of H-pyrrole nitrogens is 1. The fourth-order valence-corrected chi connectivity index (χ4v) is 2.85. The first-order valence-corrected chi connectivity index (χ1v) is 6.91. The number of benzene rings is 1. The summed E-state index contributed by atoms with van der Waals surface area (Å²) < 4.78 is 1.04. The Bertz CT molecular complexity index is 576. The lowest BCUT2D eigenvalue weighted by Gasteiger charge is -2.01. The van der Waals surface area contributed by atoms with E-state index in [1.165, 1.54) is 18.5 Å². The van der Waals surface area contributed by atoms with E-state index in [1.807, 2.05) is 12.1 Å². The second-order valence-electron chi connectivity index (χ2n) is 4.20. The van der Waals surface area contributed by atoms with E-state index < -0.39 is 0 Å². The lowest BCUT2D eigenvalue weighted by molar-refractivity contribution is 0.963.